The van der Waals surface area contributed by atoms with E-state index in [2.05, 4.69) is 21.2 Å². The summed E-state index contributed by atoms with van der Waals surface area (Å²) in [7, 11) is -4.69. The van der Waals surface area contributed by atoms with Gasteiger partial charge in [0.2, 0.25) is 11.2 Å². The van der Waals surface area contributed by atoms with E-state index in [1.807, 2.05) is 13.8 Å². The molecule has 17 heteroatoms. The zero-order valence-corrected chi connectivity index (χ0v) is 31.1. The van der Waals surface area contributed by atoms with E-state index >= 15 is 0 Å². The minimum absolute atomic E-state index is 0.0967. The van der Waals surface area contributed by atoms with E-state index < -0.39 is 73.0 Å². The lowest BCUT2D eigenvalue weighted by Crippen LogP contribution is -2.45. The Bertz CT molecular complexity index is 1880. The van der Waals surface area contributed by atoms with Crippen molar-refractivity contribution < 1.29 is 46.9 Å². The van der Waals surface area contributed by atoms with Crippen LogP contribution in [0.15, 0.2) is 48.8 Å². The van der Waals surface area contributed by atoms with Gasteiger partial charge < -0.3 is 29.2 Å². The lowest BCUT2D eigenvalue weighted by molar-refractivity contribution is -0.181. The van der Waals surface area contributed by atoms with Crippen molar-refractivity contribution in [3.05, 3.63) is 54.5 Å². The van der Waals surface area contributed by atoms with Crippen molar-refractivity contribution in [2.75, 3.05) is 12.3 Å². The average molecular weight is 741 g/mol. The van der Waals surface area contributed by atoms with E-state index in [4.69, 9.17) is 33.7 Å². The quantitative estimate of drug-likeness (QED) is 0.116. The summed E-state index contributed by atoms with van der Waals surface area (Å²) in [5.41, 5.74) is 2.41. The fourth-order valence-electron chi connectivity index (χ4n) is 6.00. The maximum Gasteiger partial charge on any atom is 0.460 e. The first-order valence-electron chi connectivity index (χ1n) is 17.2. The predicted molar refractivity (Wildman–Crippen MR) is 185 cm³/mol. The molecular weight excluding hydrogens is 695 g/mol. The molecule has 7 atom stereocenters. The summed E-state index contributed by atoms with van der Waals surface area (Å²) in [5.74, 6) is -3.20. The zero-order valence-electron chi connectivity index (χ0n) is 30.2. The van der Waals surface area contributed by atoms with Crippen LogP contribution < -0.4 is 15.3 Å². The number of nitrogens with zero attached hydrogens (tertiary/aromatic N) is 4. The van der Waals surface area contributed by atoms with Gasteiger partial charge in [-0.15, -0.1) is 0 Å². The van der Waals surface area contributed by atoms with Gasteiger partial charge in [0.05, 0.1) is 24.1 Å². The van der Waals surface area contributed by atoms with Crippen LogP contribution in [0.1, 0.15) is 73.1 Å². The van der Waals surface area contributed by atoms with Crippen LogP contribution in [0, 0.1) is 29.1 Å². The molecule has 5 rings (SSSR count). The standard InChI is InChI=1S/C35H45N6O10P/c1-8-23(9-2)17-46-32(44)22(7)40-52(45,50-24-13-11-10-12-14-24)51-33-34(18-36)35(33,49-31(43)21(5)6)28(47-30(42)20(3)4)27(48-34)25-15-16-26-29(37)38-19-39-41(25)26/h10-16,19-23,27-28,33H,8-9,17H2,1-7H3,(H,40,45)(H2,37,38,39)/t22-,27-,28-,33?,34+,35+,52+/m0/s1. The number of hydrogen-bond acceptors (Lipinski definition) is 14. The van der Waals surface area contributed by atoms with E-state index in [-0.39, 0.29) is 24.1 Å². The van der Waals surface area contributed by atoms with Gasteiger partial charge in [-0.25, -0.2) is 14.1 Å². The topological polar surface area (TPSA) is 216 Å². The SMILES string of the molecule is CCC(CC)COC(=O)[C@H](C)N[P@@](=O)(Oc1ccccc1)OC1[C@@]2(C#N)O[C@@H](c3ccc4c(N)ncnn34)[C@H](OC(=O)C(C)C)[C@@]12OC(=O)C(C)C. The monoisotopic (exact) mass is 740 g/mol. The number of benzene rings is 1. The average Bonchev–Trinajstić information content (AvgIpc) is 3.35. The second-order valence-corrected chi connectivity index (χ2v) is 15.2. The van der Waals surface area contributed by atoms with E-state index in [0.29, 0.717) is 11.2 Å². The normalized spacial score (nSPS) is 25.3. The Morgan fingerprint density at radius 1 is 1.04 bits per heavy atom. The molecule has 280 valence electrons. The third-order valence-corrected chi connectivity index (χ3v) is 10.9. The molecule has 1 saturated heterocycles. The maximum atomic E-state index is 14.8. The summed E-state index contributed by atoms with van der Waals surface area (Å²) in [5, 5.41) is 17.7. The lowest BCUT2D eigenvalue weighted by Gasteiger charge is -2.30. The van der Waals surface area contributed by atoms with Crippen molar-refractivity contribution in [1.29, 1.82) is 5.26 Å². The number of rotatable bonds is 16. The highest BCUT2D eigenvalue weighted by molar-refractivity contribution is 7.52. The molecule has 1 aromatic carbocycles. The molecule has 3 heterocycles. The number of carbonyl (C=O) groups excluding carboxylic acids is 3. The number of aromatic nitrogens is 3. The lowest BCUT2D eigenvalue weighted by atomic mass is 10.0. The first-order chi connectivity index (χ1) is 24.7. The van der Waals surface area contributed by atoms with Crippen LogP contribution in [0.2, 0.25) is 0 Å². The van der Waals surface area contributed by atoms with Crippen LogP contribution in [-0.2, 0) is 42.4 Å². The van der Waals surface area contributed by atoms with Crippen LogP contribution in [0.4, 0.5) is 5.82 Å². The van der Waals surface area contributed by atoms with E-state index in [1.165, 1.54) is 29.9 Å². The smallest absolute Gasteiger partial charge is 0.460 e. The summed E-state index contributed by atoms with van der Waals surface area (Å²) in [6, 6.07) is 12.1. The summed E-state index contributed by atoms with van der Waals surface area (Å²) < 4.78 is 52.3. The fraction of sp³-hybridized carbons (Fsp3) is 0.543. The molecule has 2 aliphatic rings. The second kappa shape index (κ2) is 15.2. The Labute approximate surface area is 301 Å². The molecule has 1 saturated carbocycles. The summed E-state index contributed by atoms with van der Waals surface area (Å²) in [4.78, 5) is 43.9. The highest BCUT2D eigenvalue weighted by atomic mass is 31.2. The molecule has 2 fully saturated rings. The predicted octanol–water partition coefficient (Wildman–Crippen LogP) is 4.69. The minimum Gasteiger partial charge on any atom is -0.464 e. The van der Waals surface area contributed by atoms with Gasteiger partial charge in [0.1, 0.15) is 35.8 Å². The molecule has 0 amide bonds. The first kappa shape index (κ1) is 38.7. The number of nitrogens with one attached hydrogen (secondary N) is 1. The van der Waals surface area contributed by atoms with Gasteiger partial charge >= 0.3 is 25.7 Å². The molecule has 2 aromatic heterocycles. The molecule has 1 unspecified atom stereocenters. The van der Waals surface area contributed by atoms with Crippen LogP contribution in [0.5, 0.6) is 5.75 Å². The Morgan fingerprint density at radius 2 is 1.71 bits per heavy atom. The van der Waals surface area contributed by atoms with Gasteiger partial charge in [0.15, 0.2) is 18.0 Å². The number of nitrogens with two attached hydrogens (primary N) is 1. The van der Waals surface area contributed by atoms with E-state index in [1.54, 1.807) is 58.0 Å². The van der Waals surface area contributed by atoms with Crippen LogP contribution in [0.25, 0.3) is 5.52 Å². The summed E-state index contributed by atoms with van der Waals surface area (Å²) in [6.45, 7) is 11.9. The van der Waals surface area contributed by atoms with Gasteiger partial charge in [-0.1, -0.05) is 72.6 Å². The van der Waals surface area contributed by atoms with Crippen LogP contribution in [-0.4, -0.2) is 68.6 Å². The first-order valence-corrected chi connectivity index (χ1v) is 18.8. The number of fused-ring (bicyclic) bond motifs is 2. The fourth-order valence-corrected chi connectivity index (χ4v) is 7.72. The molecular formula is C35H45N6O10P. The van der Waals surface area contributed by atoms with Crippen LogP contribution >= 0.6 is 7.75 Å². The number of anilines is 1. The molecule has 3 N–H and O–H groups in total. The van der Waals surface area contributed by atoms with Crippen molar-refractivity contribution in [3.63, 3.8) is 0 Å². The minimum atomic E-state index is -4.69. The van der Waals surface area contributed by atoms with E-state index in [9.17, 15) is 24.2 Å². The van der Waals surface area contributed by atoms with Crippen molar-refractivity contribution >= 4 is 37.0 Å². The van der Waals surface area contributed by atoms with Crippen LogP contribution in [0.3, 0.4) is 0 Å². The molecule has 16 nitrogen and oxygen atoms in total. The van der Waals surface area contributed by atoms with Crippen molar-refractivity contribution in [3.8, 4) is 11.8 Å². The second-order valence-electron chi connectivity index (χ2n) is 13.5. The highest BCUT2D eigenvalue weighted by Gasteiger charge is 2.95. The molecule has 0 radical (unpaired) electrons. The molecule has 1 aliphatic carbocycles. The number of ether oxygens (including phenoxy) is 4. The van der Waals surface area contributed by atoms with Gasteiger partial charge in [-0.05, 0) is 37.1 Å². The third kappa shape index (κ3) is 7.10. The highest BCUT2D eigenvalue weighted by Crippen LogP contribution is 2.71. The summed E-state index contributed by atoms with van der Waals surface area (Å²) >= 11 is 0. The largest absolute Gasteiger partial charge is 0.464 e. The Morgan fingerprint density at radius 3 is 2.33 bits per heavy atom. The van der Waals surface area contributed by atoms with Crippen molar-refractivity contribution in [1.82, 2.24) is 19.7 Å². The summed E-state index contributed by atoms with van der Waals surface area (Å²) in [6.07, 6.45) is -1.65. The van der Waals surface area contributed by atoms with Gasteiger partial charge in [-0.3, -0.25) is 18.9 Å². The molecule has 0 bridgehead atoms. The molecule has 3 aromatic rings. The number of nitrogen functional groups attached to an aromatic ring is 1. The van der Waals surface area contributed by atoms with Crippen molar-refractivity contribution in [2.24, 2.45) is 17.8 Å². The number of hydrogen-bond donors (Lipinski definition) is 2. The number of esters is 3. The number of nitriles is 1. The zero-order chi connectivity index (χ0) is 38.0. The van der Waals surface area contributed by atoms with Crippen molar-refractivity contribution in [2.45, 2.75) is 96.9 Å². The Kier molecular flexibility index (Phi) is 11.3. The number of para-hydroxylation sites is 1. The Hall–Kier alpha value is -4.55. The number of carbonyl (C=O) groups is 3. The molecule has 0 spiro atoms. The third-order valence-electron chi connectivity index (χ3n) is 9.22. The maximum absolute atomic E-state index is 14.8. The van der Waals surface area contributed by atoms with Gasteiger partial charge in [0.25, 0.3) is 0 Å². The van der Waals surface area contributed by atoms with Gasteiger partial charge in [0, 0.05) is 0 Å². The van der Waals surface area contributed by atoms with Gasteiger partial charge in [-0.2, -0.15) is 15.4 Å². The molecule has 52 heavy (non-hydrogen) atoms. The Balaban J connectivity index is 1.58. The van der Waals surface area contributed by atoms with E-state index in [0.717, 1.165) is 12.8 Å². The molecule has 1 aliphatic heterocycles.